The summed E-state index contributed by atoms with van der Waals surface area (Å²) in [5.74, 6) is 1.11. The van der Waals surface area contributed by atoms with Crippen LogP contribution in [0.15, 0.2) is 42.5 Å². The number of hydrogen-bond donors (Lipinski definition) is 1. The summed E-state index contributed by atoms with van der Waals surface area (Å²) in [5.41, 5.74) is 8.80. The minimum Gasteiger partial charge on any atom is -0.495 e. The summed E-state index contributed by atoms with van der Waals surface area (Å²) in [7, 11) is 1.54. The van der Waals surface area contributed by atoms with Gasteiger partial charge in [0.05, 0.1) is 12.8 Å². The fourth-order valence-corrected chi connectivity index (χ4v) is 2.28. The predicted octanol–water partition coefficient (Wildman–Crippen LogP) is 3.71. The molecule has 0 aromatic heterocycles. The van der Waals surface area contributed by atoms with E-state index in [0.29, 0.717) is 28.5 Å². The van der Waals surface area contributed by atoms with E-state index in [2.05, 4.69) is 13.8 Å². The molecule has 21 heavy (non-hydrogen) atoms. The topological polar surface area (TPSA) is 52.3 Å². The smallest absolute Gasteiger partial charge is 0.193 e. The van der Waals surface area contributed by atoms with Crippen LogP contribution in [0.2, 0.25) is 0 Å². The average Bonchev–Trinajstić information content (AvgIpc) is 2.47. The van der Waals surface area contributed by atoms with Crippen LogP contribution in [0.25, 0.3) is 0 Å². The maximum atomic E-state index is 12.5. The van der Waals surface area contributed by atoms with Gasteiger partial charge in [-0.05, 0) is 36.1 Å². The lowest BCUT2D eigenvalue weighted by atomic mass is 9.98. The van der Waals surface area contributed by atoms with Crippen LogP contribution in [0.4, 0.5) is 5.69 Å². The van der Waals surface area contributed by atoms with Gasteiger partial charge in [0.25, 0.3) is 0 Å². The van der Waals surface area contributed by atoms with Gasteiger partial charge >= 0.3 is 0 Å². The van der Waals surface area contributed by atoms with Crippen LogP contribution in [0, 0.1) is 5.92 Å². The molecule has 0 radical (unpaired) electrons. The maximum absolute atomic E-state index is 12.5. The van der Waals surface area contributed by atoms with Gasteiger partial charge in [-0.25, -0.2) is 0 Å². The molecule has 2 N–H and O–H groups in total. The van der Waals surface area contributed by atoms with Gasteiger partial charge in [0, 0.05) is 11.1 Å². The molecule has 0 unspecified atom stereocenters. The number of carbonyl (C=O) groups is 1. The van der Waals surface area contributed by atoms with E-state index in [9.17, 15) is 4.79 Å². The van der Waals surface area contributed by atoms with Crippen molar-refractivity contribution in [3.05, 3.63) is 59.2 Å². The molecular weight excluding hydrogens is 262 g/mol. The zero-order valence-electron chi connectivity index (χ0n) is 12.7. The van der Waals surface area contributed by atoms with Crippen LogP contribution in [-0.4, -0.2) is 12.9 Å². The van der Waals surface area contributed by atoms with E-state index < -0.39 is 0 Å². The normalized spacial score (nSPS) is 10.7. The van der Waals surface area contributed by atoms with Crippen molar-refractivity contribution in [1.82, 2.24) is 0 Å². The molecule has 0 fully saturated rings. The first-order valence-electron chi connectivity index (χ1n) is 7.08. The molecular formula is C18H21NO2. The molecule has 0 aliphatic heterocycles. The Hall–Kier alpha value is -2.29. The third-order valence-corrected chi connectivity index (χ3v) is 3.36. The Kier molecular flexibility index (Phi) is 4.63. The molecule has 0 saturated carbocycles. The Morgan fingerprint density at radius 1 is 1.10 bits per heavy atom. The first kappa shape index (κ1) is 15.1. The SMILES string of the molecule is COc1cc(C(=O)c2ccc(CC(C)C)cc2)ccc1N. The molecule has 0 bridgehead atoms. The van der Waals surface area contributed by atoms with E-state index in [1.807, 2.05) is 24.3 Å². The third-order valence-electron chi connectivity index (χ3n) is 3.36. The van der Waals surface area contributed by atoms with Crippen LogP contribution in [-0.2, 0) is 6.42 Å². The fourth-order valence-electron chi connectivity index (χ4n) is 2.28. The first-order chi connectivity index (χ1) is 10.0. The van der Waals surface area contributed by atoms with E-state index in [4.69, 9.17) is 10.5 Å². The third kappa shape index (κ3) is 3.63. The van der Waals surface area contributed by atoms with Crippen molar-refractivity contribution in [2.24, 2.45) is 5.92 Å². The molecule has 0 aliphatic carbocycles. The van der Waals surface area contributed by atoms with Crippen molar-refractivity contribution in [2.75, 3.05) is 12.8 Å². The Labute approximate surface area is 125 Å². The number of hydrogen-bond acceptors (Lipinski definition) is 3. The van der Waals surface area contributed by atoms with Gasteiger partial charge in [0.2, 0.25) is 0 Å². The second-order valence-electron chi connectivity index (χ2n) is 5.58. The Morgan fingerprint density at radius 3 is 2.29 bits per heavy atom. The number of methoxy groups -OCH3 is 1. The molecule has 0 amide bonds. The van der Waals surface area contributed by atoms with Crippen LogP contribution in [0.5, 0.6) is 5.75 Å². The van der Waals surface area contributed by atoms with Crippen LogP contribution >= 0.6 is 0 Å². The minimum atomic E-state index is -0.0237. The number of ketones is 1. The van der Waals surface area contributed by atoms with Gasteiger partial charge in [0.1, 0.15) is 5.75 Å². The van der Waals surface area contributed by atoms with E-state index in [-0.39, 0.29) is 5.78 Å². The predicted molar refractivity (Wildman–Crippen MR) is 85.8 cm³/mol. The molecule has 3 nitrogen and oxygen atoms in total. The van der Waals surface area contributed by atoms with Crippen LogP contribution in [0.1, 0.15) is 35.3 Å². The van der Waals surface area contributed by atoms with E-state index in [1.54, 1.807) is 25.3 Å². The van der Waals surface area contributed by atoms with Gasteiger partial charge in [-0.15, -0.1) is 0 Å². The van der Waals surface area contributed by atoms with Gasteiger partial charge in [0.15, 0.2) is 5.78 Å². The number of anilines is 1. The monoisotopic (exact) mass is 283 g/mol. The zero-order chi connectivity index (χ0) is 15.4. The highest BCUT2D eigenvalue weighted by Gasteiger charge is 2.11. The van der Waals surface area contributed by atoms with Gasteiger partial charge in [-0.2, -0.15) is 0 Å². The second-order valence-corrected chi connectivity index (χ2v) is 5.58. The number of nitrogens with two attached hydrogens (primary N) is 1. The van der Waals surface area contributed by atoms with Gasteiger partial charge < -0.3 is 10.5 Å². The molecule has 2 rings (SSSR count). The lowest BCUT2D eigenvalue weighted by Crippen LogP contribution is -2.03. The first-order valence-corrected chi connectivity index (χ1v) is 7.08. The number of nitrogen functional groups attached to an aromatic ring is 1. The number of rotatable bonds is 5. The summed E-state index contributed by atoms with van der Waals surface area (Å²) in [6.45, 7) is 4.36. The second kappa shape index (κ2) is 6.44. The Bertz CT molecular complexity index is 630. The summed E-state index contributed by atoms with van der Waals surface area (Å²) >= 11 is 0. The van der Waals surface area contributed by atoms with Gasteiger partial charge in [-0.1, -0.05) is 38.1 Å². The van der Waals surface area contributed by atoms with E-state index >= 15 is 0 Å². The lowest BCUT2D eigenvalue weighted by Gasteiger charge is -2.08. The summed E-state index contributed by atoms with van der Waals surface area (Å²) in [4.78, 5) is 12.5. The maximum Gasteiger partial charge on any atom is 0.193 e. The summed E-state index contributed by atoms with van der Waals surface area (Å²) in [6, 6.07) is 12.9. The highest BCUT2D eigenvalue weighted by atomic mass is 16.5. The van der Waals surface area contributed by atoms with Gasteiger partial charge in [-0.3, -0.25) is 4.79 Å². The fraction of sp³-hybridized carbons (Fsp3) is 0.278. The molecule has 2 aromatic carbocycles. The summed E-state index contributed by atoms with van der Waals surface area (Å²) in [5, 5.41) is 0. The van der Waals surface area contributed by atoms with Crippen LogP contribution in [0.3, 0.4) is 0 Å². The van der Waals surface area contributed by atoms with E-state index in [1.165, 1.54) is 5.56 Å². The highest BCUT2D eigenvalue weighted by molar-refractivity contribution is 6.09. The van der Waals surface area contributed by atoms with Crippen molar-refractivity contribution in [3.8, 4) is 5.75 Å². The molecule has 0 heterocycles. The Balaban J connectivity index is 2.23. The van der Waals surface area contributed by atoms with Crippen molar-refractivity contribution in [3.63, 3.8) is 0 Å². The van der Waals surface area contributed by atoms with E-state index in [0.717, 1.165) is 6.42 Å². The largest absolute Gasteiger partial charge is 0.495 e. The molecule has 2 aromatic rings. The number of ether oxygens (including phenoxy) is 1. The molecule has 0 aliphatic rings. The van der Waals surface area contributed by atoms with Crippen LogP contribution < -0.4 is 10.5 Å². The zero-order valence-corrected chi connectivity index (χ0v) is 12.7. The summed E-state index contributed by atoms with van der Waals surface area (Å²) in [6.07, 6.45) is 1.02. The standard InChI is InChI=1S/C18H21NO2/c1-12(2)10-13-4-6-14(7-5-13)18(20)15-8-9-16(19)17(11-15)21-3/h4-9,11-12H,10,19H2,1-3H3. The quantitative estimate of drug-likeness (QED) is 0.672. The minimum absolute atomic E-state index is 0.0237. The Morgan fingerprint density at radius 2 is 1.71 bits per heavy atom. The van der Waals surface area contributed by atoms with Crippen molar-refractivity contribution >= 4 is 11.5 Å². The molecule has 0 atom stereocenters. The number of carbonyl (C=O) groups excluding carboxylic acids is 1. The van der Waals surface area contributed by atoms with Crippen molar-refractivity contribution < 1.29 is 9.53 Å². The molecule has 0 saturated heterocycles. The van der Waals surface area contributed by atoms with Crippen molar-refractivity contribution in [2.45, 2.75) is 20.3 Å². The molecule has 0 spiro atoms. The highest BCUT2D eigenvalue weighted by Crippen LogP contribution is 2.24. The number of benzene rings is 2. The van der Waals surface area contributed by atoms with Crippen molar-refractivity contribution in [1.29, 1.82) is 0 Å². The average molecular weight is 283 g/mol. The summed E-state index contributed by atoms with van der Waals surface area (Å²) < 4.78 is 5.16. The molecule has 110 valence electrons. The lowest BCUT2D eigenvalue weighted by molar-refractivity contribution is 0.103. The molecule has 3 heteroatoms.